The molecule has 0 aliphatic rings. The van der Waals surface area contributed by atoms with Gasteiger partial charge < -0.3 is 10.8 Å². The predicted molar refractivity (Wildman–Crippen MR) is 69.0 cm³/mol. The molecule has 1 aromatic heterocycles. The van der Waals surface area contributed by atoms with Crippen LogP contribution >= 0.6 is 11.3 Å². The second kappa shape index (κ2) is 5.29. The second-order valence-electron chi connectivity index (χ2n) is 3.89. The Hall–Kier alpha value is -1.72. The summed E-state index contributed by atoms with van der Waals surface area (Å²) in [6.07, 6.45) is 0.258. The Labute approximate surface area is 108 Å². The number of carboxylic acids is 1. The van der Waals surface area contributed by atoms with Gasteiger partial charge in [-0.2, -0.15) is 0 Å². The average Bonchev–Trinajstić information content (AvgIpc) is 2.77. The van der Waals surface area contributed by atoms with E-state index >= 15 is 0 Å². The van der Waals surface area contributed by atoms with Crippen LogP contribution < -0.4 is 5.73 Å². The van der Waals surface area contributed by atoms with E-state index < -0.39 is 12.0 Å². The molecule has 1 atom stereocenters. The number of rotatable bonds is 4. The Morgan fingerprint density at radius 2 is 2.06 bits per heavy atom. The second-order valence-corrected chi connectivity index (χ2v) is 5.06. The highest BCUT2D eigenvalue weighted by atomic mass is 32.1. The van der Waals surface area contributed by atoms with E-state index in [-0.39, 0.29) is 12.2 Å². The van der Waals surface area contributed by atoms with E-state index in [1.54, 1.807) is 30.3 Å². The van der Waals surface area contributed by atoms with Gasteiger partial charge in [0.15, 0.2) is 0 Å². The monoisotopic (exact) mass is 265 g/mol. The van der Waals surface area contributed by atoms with Crippen molar-refractivity contribution < 1.29 is 14.3 Å². The molecule has 2 aromatic rings. The van der Waals surface area contributed by atoms with Crippen LogP contribution in [0.2, 0.25) is 0 Å². The summed E-state index contributed by atoms with van der Waals surface area (Å²) in [5.74, 6) is -1.32. The first kappa shape index (κ1) is 12.7. The van der Waals surface area contributed by atoms with Crippen molar-refractivity contribution in [1.29, 1.82) is 0 Å². The molecule has 0 aliphatic heterocycles. The normalized spacial score (nSPS) is 12.3. The van der Waals surface area contributed by atoms with E-state index in [9.17, 15) is 9.18 Å². The van der Waals surface area contributed by atoms with E-state index in [2.05, 4.69) is 0 Å². The van der Waals surface area contributed by atoms with Gasteiger partial charge in [-0.25, -0.2) is 4.39 Å². The number of carboxylic acid groups (broad SMARTS) is 1. The average molecular weight is 265 g/mol. The summed E-state index contributed by atoms with van der Waals surface area (Å²) in [4.78, 5) is 12.3. The van der Waals surface area contributed by atoms with Crippen molar-refractivity contribution in [3.05, 3.63) is 47.1 Å². The highest BCUT2D eigenvalue weighted by Gasteiger charge is 2.14. The van der Waals surface area contributed by atoms with Gasteiger partial charge >= 0.3 is 5.97 Å². The van der Waals surface area contributed by atoms with Crippen LogP contribution in [0.3, 0.4) is 0 Å². The van der Waals surface area contributed by atoms with Crippen LogP contribution in [0.25, 0.3) is 10.4 Å². The lowest BCUT2D eigenvalue weighted by Crippen LogP contribution is -2.31. The van der Waals surface area contributed by atoms with Gasteiger partial charge in [-0.15, -0.1) is 11.3 Å². The quantitative estimate of drug-likeness (QED) is 0.892. The molecular formula is C13H12FNO2S. The lowest BCUT2D eigenvalue weighted by atomic mass is 10.1. The van der Waals surface area contributed by atoms with Gasteiger partial charge in [0.05, 0.1) is 0 Å². The van der Waals surface area contributed by atoms with Crippen LogP contribution in [0.4, 0.5) is 4.39 Å². The molecule has 0 aliphatic carbocycles. The highest BCUT2D eigenvalue weighted by Crippen LogP contribution is 2.30. The molecule has 5 heteroatoms. The zero-order chi connectivity index (χ0) is 13.1. The molecule has 3 N–H and O–H groups in total. The summed E-state index contributed by atoms with van der Waals surface area (Å²) < 4.78 is 13.6. The van der Waals surface area contributed by atoms with Crippen LogP contribution in [0.5, 0.6) is 0 Å². The Morgan fingerprint density at radius 3 is 2.72 bits per heavy atom. The summed E-state index contributed by atoms with van der Waals surface area (Å²) in [6, 6.07) is 9.15. The number of carbonyl (C=O) groups is 1. The van der Waals surface area contributed by atoms with Gasteiger partial charge in [0.1, 0.15) is 11.9 Å². The van der Waals surface area contributed by atoms with Crippen molar-refractivity contribution in [1.82, 2.24) is 0 Å². The summed E-state index contributed by atoms with van der Waals surface area (Å²) in [5.41, 5.74) is 5.98. The molecule has 1 unspecified atom stereocenters. The van der Waals surface area contributed by atoms with Gasteiger partial charge in [0, 0.05) is 21.7 Å². The molecule has 2 rings (SSSR count). The molecule has 0 fully saturated rings. The first-order chi connectivity index (χ1) is 8.58. The third-order valence-electron chi connectivity index (χ3n) is 2.54. The summed E-state index contributed by atoms with van der Waals surface area (Å²) in [7, 11) is 0. The largest absolute Gasteiger partial charge is 0.480 e. The summed E-state index contributed by atoms with van der Waals surface area (Å²) >= 11 is 1.36. The maximum atomic E-state index is 13.6. The van der Waals surface area contributed by atoms with Crippen molar-refractivity contribution in [3.63, 3.8) is 0 Å². The Bertz CT molecular complexity index is 568. The first-order valence-electron chi connectivity index (χ1n) is 5.40. The Morgan fingerprint density at radius 1 is 1.33 bits per heavy atom. The van der Waals surface area contributed by atoms with Gasteiger partial charge in [0.25, 0.3) is 0 Å². The molecule has 18 heavy (non-hydrogen) atoms. The minimum absolute atomic E-state index is 0.258. The predicted octanol–water partition coefficient (Wildman–Crippen LogP) is 2.51. The minimum Gasteiger partial charge on any atom is -0.480 e. The molecule has 3 nitrogen and oxygen atoms in total. The highest BCUT2D eigenvalue weighted by molar-refractivity contribution is 7.15. The van der Waals surface area contributed by atoms with Crippen molar-refractivity contribution in [2.24, 2.45) is 5.73 Å². The maximum Gasteiger partial charge on any atom is 0.320 e. The number of thiophene rings is 1. The van der Waals surface area contributed by atoms with Gasteiger partial charge in [-0.05, 0) is 18.2 Å². The van der Waals surface area contributed by atoms with Crippen LogP contribution in [0.1, 0.15) is 4.88 Å². The standard InChI is InChI=1S/C13H12FNO2S/c14-10-4-2-1-3-9(10)12-6-5-8(18-12)7-11(15)13(16)17/h1-6,11H,7,15H2,(H,16,17). The SMILES string of the molecule is NC(Cc1ccc(-c2ccccc2F)s1)C(=O)O. The fourth-order valence-corrected chi connectivity index (χ4v) is 2.69. The maximum absolute atomic E-state index is 13.6. The lowest BCUT2D eigenvalue weighted by molar-refractivity contribution is -0.138. The fraction of sp³-hybridized carbons (Fsp3) is 0.154. The third kappa shape index (κ3) is 2.75. The Balaban J connectivity index is 2.21. The van der Waals surface area contributed by atoms with Crippen LogP contribution in [0.15, 0.2) is 36.4 Å². The molecule has 0 saturated heterocycles. The van der Waals surface area contributed by atoms with E-state index in [0.29, 0.717) is 5.56 Å². The number of halogens is 1. The first-order valence-corrected chi connectivity index (χ1v) is 6.21. The van der Waals surface area contributed by atoms with Crippen LogP contribution in [0, 0.1) is 5.82 Å². The molecule has 94 valence electrons. The number of aliphatic carboxylic acids is 1. The van der Waals surface area contributed by atoms with Crippen molar-refractivity contribution >= 4 is 17.3 Å². The van der Waals surface area contributed by atoms with E-state index in [4.69, 9.17) is 10.8 Å². The lowest BCUT2D eigenvalue weighted by Gasteiger charge is -2.03. The number of hydrogen-bond acceptors (Lipinski definition) is 3. The van der Waals surface area contributed by atoms with Crippen molar-refractivity contribution in [2.75, 3.05) is 0 Å². The number of hydrogen-bond donors (Lipinski definition) is 2. The molecule has 0 spiro atoms. The molecule has 1 heterocycles. The van der Waals surface area contributed by atoms with Gasteiger partial charge in [-0.3, -0.25) is 4.79 Å². The zero-order valence-corrected chi connectivity index (χ0v) is 10.3. The van der Waals surface area contributed by atoms with Crippen molar-refractivity contribution in [2.45, 2.75) is 12.5 Å². The molecular weight excluding hydrogens is 253 g/mol. The fourth-order valence-electron chi connectivity index (χ4n) is 1.60. The number of nitrogens with two attached hydrogens (primary N) is 1. The Kier molecular flexibility index (Phi) is 3.74. The van der Waals surface area contributed by atoms with E-state index in [1.165, 1.54) is 17.4 Å². The van der Waals surface area contributed by atoms with Crippen molar-refractivity contribution in [3.8, 4) is 10.4 Å². The molecule has 0 saturated carbocycles. The van der Waals surface area contributed by atoms with Crippen LogP contribution in [-0.4, -0.2) is 17.1 Å². The molecule has 0 bridgehead atoms. The van der Waals surface area contributed by atoms with Gasteiger partial charge in [0.2, 0.25) is 0 Å². The zero-order valence-electron chi connectivity index (χ0n) is 9.47. The van der Waals surface area contributed by atoms with Gasteiger partial charge in [-0.1, -0.05) is 18.2 Å². The minimum atomic E-state index is -1.03. The summed E-state index contributed by atoms with van der Waals surface area (Å²) in [6.45, 7) is 0. The topological polar surface area (TPSA) is 63.3 Å². The van der Waals surface area contributed by atoms with Crippen LogP contribution in [-0.2, 0) is 11.2 Å². The molecule has 1 aromatic carbocycles. The third-order valence-corrected chi connectivity index (χ3v) is 3.68. The van der Waals surface area contributed by atoms with E-state index in [0.717, 1.165) is 9.75 Å². The smallest absolute Gasteiger partial charge is 0.320 e. The molecule has 0 amide bonds. The van der Waals surface area contributed by atoms with E-state index in [1.807, 2.05) is 0 Å². The molecule has 0 radical (unpaired) electrons. The number of benzene rings is 1. The summed E-state index contributed by atoms with van der Waals surface area (Å²) in [5, 5.41) is 8.73.